The zero-order valence-electron chi connectivity index (χ0n) is 18.1. The first kappa shape index (κ1) is 23.5. The minimum Gasteiger partial charge on any atom is -0.497 e. The van der Waals surface area contributed by atoms with E-state index in [0.29, 0.717) is 29.9 Å². The number of nitrogen functional groups attached to an aromatic ring is 1. The first-order chi connectivity index (χ1) is 16.4. The number of aromatic nitrogens is 4. The van der Waals surface area contributed by atoms with E-state index in [1.807, 2.05) is 24.3 Å². The van der Waals surface area contributed by atoms with Crippen molar-refractivity contribution < 1.29 is 33.3 Å². The topological polar surface area (TPSA) is 156 Å². The second-order valence-corrected chi connectivity index (χ2v) is 10.8. The van der Waals surface area contributed by atoms with Crippen molar-refractivity contribution in [3.8, 4) is 5.75 Å². The zero-order chi connectivity index (χ0) is 23.9. The van der Waals surface area contributed by atoms with E-state index in [1.54, 1.807) is 7.11 Å². The van der Waals surface area contributed by atoms with Gasteiger partial charge in [0, 0.05) is 6.42 Å². The number of nitrogens with two attached hydrogens (primary N) is 1. The van der Waals surface area contributed by atoms with Crippen LogP contribution in [0.2, 0.25) is 0 Å². The third-order valence-electron chi connectivity index (χ3n) is 5.75. The molecule has 1 aromatic carbocycles. The number of aliphatic hydroxyl groups excluding tert-OH is 2. The highest BCUT2D eigenvalue weighted by Gasteiger charge is 2.45. The zero-order valence-corrected chi connectivity index (χ0v) is 19.8. The molecule has 34 heavy (non-hydrogen) atoms. The lowest BCUT2D eigenvalue weighted by atomic mass is 10.1. The first-order valence-corrected chi connectivity index (χ1v) is 13.1. The Morgan fingerprint density at radius 2 is 2.12 bits per heavy atom. The number of hydrogen-bond acceptors (Lipinski definition) is 12. The van der Waals surface area contributed by atoms with Crippen LogP contribution in [-0.4, -0.2) is 68.4 Å². The van der Waals surface area contributed by atoms with Crippen molar-refractivity contribution in [3.63, 3.8) is 0 Å². The number of benzene rings is 1. The van der Waals surface area contributed by atoms with Crippen LogP contribution in [0.15, 0.2) is 36.9 Å². The first-order valence-electron chi connectivity index (χ1n) is 10.5. The highest BCUT2D eigenvalue weighted by Crippen LogP contribution is 2.57. The molecule has 14 heteroatoms. The molecular weight excluding hydrogens is 485 g/mol. The Hall–Kier alpha value is -2.22. The van der Waals surface area contributed by atoms with Gasteiger partial charge < -0.3 is 39.0 Å². The molecule has 2 saturated heterocycles. The van der Waals surface area contributed by atoms with E-state index in [4.69, 9.17) is 40.6 Å². The van der Waals surface area contributed by atoms with Gasteiger partial charge in [0.1, 0.15) is 35.9 Å². The van der Waals surface area contributed by atoms with E-state index in [2.05, 4.69) is 15.0 Å². The van der Waals surface area contributed by atoms with Crippen molar-refractivity contribution in [3.05, 3.63) is 42.5 Å². The monoisotopic (exact) mass is 509 g/mol. The van der Waals surface area contributed by atoms with Crippen LogP contribution in [0.4, 0.5) is 5.82 Å². The summed E-state index contributed by atoms with van der Waals surface area (Å²) in [6.07, 6.45) is -1.35. The van der Waals surface area contributed by atoms with Crippen molar-refractivity contribution in [1.82, 2.24) is 19.5 Å². The number of fused-ring (bicyclic) bond motifs is 1. The number of nitrogens with zero attached hydrogens (tertiary/aromatic N) is 4. The molecule has 12 nitrogen and oxygen atoms in total. The minimum absolute atomic E-state index is 0.138. The van der Waals surface area contributed by atoms with Crippen LogP contribution in [0.25, 0.3) is 11.2 Å². The lowest BCUT2D eigenvalue weighted by molar-refractivity contribution is -0.0533. The van der Waals surface area contributed by atoms with Gasteiger partial charge in [0.15, 0.2) is 17.7 Å². The predicted molar refractivity (Wildman–Crippen MR) is 123 cm³/mol. The van der Waals surface area contributed by atoms with Gasteiger partial charge in [-0.25, -0.2) is 15.0 Å². The number of rotatable bonds is 6. The fourth-order valence-electron chi connectivity index (χ4n) is 3.97. The van der Waals surface area contributed by atoms with Gasteiger partial charge >= 0.3 is 6.72 Å². The van der Waals surface area contributed by atoms with Crippen LogP contribution in [0, 0.1) is 0 Å². The van der Waals surface area contributed by atoms with Crippen LogP contribution < -0.4 is 10.5 Å². The van der Waals surface area contributed by atoms with Crippen molar-refractivity contribution in [1.29, 1.82) is 0 Å². The largest absolute Gasteiger partial charge is 0.497 e. The number of aliphatic hydroxyl groups is 2. The second-order valence-electron chi connectivity index (χ2n) is 7.86. The Morgan fingerprint density at radius 3 is 2.94 bits per heavy atom. The van der Waals surface area contributed by atoms with Crippen LogP contribution in [0.3, 0.4) is 0 Å². The van der Waals surface area contributed by atoms with Gasteiger partial charge in [-0.1, -0.05) is 12.1 Å². The van der Waals surface area contributed by atoms with Crippen LogP contribution in [-0.2, 0) is 30.1 Å². The Kier molecular flexibility index (Phi) is 6.53. The summed E-state index contributed by atoms with van der Waals surface area (Å²) >= 11 is 5.55. The number of ether oxygens (including phenoxy) is 2. The van der Waals surface area contributed by atoms with Gasteiger partial charge in [-0.3, -0.25) is 4.57 Å². The van der Waals surface area contributed by atoms with E-state index >= 15 is 0 Å². The molecule has 2 aliphatic heterocycles. The molecule has 2 fully saturated rings. The van der Waals surface area contributed by atoms with E-state index in [9.17, 15) is 10.2 Å². The number of methoxy groups -OCH3 is 1. The van der Waals surface area contributed by atoms with Gasteiger partial charge in [-0.05, 0) is 29.5 Å². The standard InChI is InChI=1S/C20H24N5O7PS/c1-28-12-4-2-3-11(7-12)13-5-6-29-33(34,32-13)30-8-14-16(26)17(27)20(31-14)25-10-24-15-18(21)22-9-23-19(15)25/h2-4,7,9-10,13-14,16-17,20,26-27H,5-6,8H2,1H3,(H2,21,22,23)/t13?,14-,16-,17-,20-,33?/m1/s1. The lowest BCUT2D eigenvalue weighted by Crippen LogP contribution is -2.34. The van der Waals surface area contributed by atoms with E-state index in [1.165, 1.54) is 17.2 Å². The summed E-state index contributed by atoms with van der Waals surface area (Å²) < 4.78 is 30.2. The minimum atomic E-state index is -3.12. The van der Waals surface area contributed by atoms with Crippen LogP contribution in [0.5, 0.6) is 5.75 Å². The molecule has 0 radical (unpaired) electrons. The number of anilines is 1. The van der Waals surface area contributed by atoms with Crippen molar-refractivity contribution in [2.24, 2.45) is 0 Å². The molecule has 2 aliphatic rings. The molecule has 5 rings (SSSR count). The summed E-state index contributed by atoms with van der Waals surface area (Å²) in [5.41, 5.74) is 7.48. The van der Waals surface area contributed by atoms with E-state index in [0.717, 1.165) is 5.56 Å². The van der Waals surface area contributed by atoms with Crippen molar-refractivity contribution in [2.75, 3.05) is 26.1 Å². The summed E-state index contributed by atoms with van der Waals surface area (Å²) in [6, 6.07) is 7.53. The maximum Gasteiger partial charge on any atom is 0.327 e. The Balaban J connectivity index is 1.27. The summed E-state index contributed by atoms with van der Waals surface area (Å²) in [5.74, 6) is 0.912. The third-order valence-corrected chi connectivity index (χ3v) is 8.11. The molecule has 2 unspecified atom stereocenters. The molecule has 6 atom stereocenters. The quantitative estimate of drug-likeness (QED) is 0.412. The highest BCUT2D eigenvalue weighted by molar-refractivity contribution is 8.07. The average molecular weight is 509 g/mol. The molecule has 2 aromatic heterocycles. The van der Waals surface area contributed by atoms with Gasteiger partial charge in [0.2, 0.25) is 0 Å². The normalized spacial score (nSPS) is 31.7. The Bertz CT molecular complexity index is 1230. The Morgan fingerprint density at radius 1 is 1.26 bits per heavy atom. The summed E-state index contributed by atoms with van der Waals surface area (Å²) in [4.78, 5) is 12.2. The highest BCUT2D eigenvalue weighted by atomic mass is 32.5. The smallest absolute Gasteiger partial charge is 0.327 e. The van der Waals surface area contributed by atoms with E-state index < -0.39 is 31.3 Å². The molecule has 0 amide bonds. The molecule has 0 spiro atoms. The van der Waals surface area contributed by atoms with Crippen LogP contribution in [0.1, 0.15) is 24.3 Å². The molecule has 4 N–H and O–H groups in total. The lowest BCUT2D eigenvalue weighted by Gasteiger charge is -2.32. The molecule has 0 saturated carbocycles. The fourth-order valence-corrected chi connectivity index (χ4v) is 6.08. The molecule has 0 bridgehead atoms. The molecule has 0 aliphatic carbocycles. The third kappa shape index (κ3) is 4.41. The maximum absolute atomic E-state index is 10.6. The van der Waals surface area contributed by atoms with Crippen molar-refractivity contribution >= 4 is 35.5 Å². The average Bonchev–Trinajstić information content (AvgIpc) is 3.40. The Labute approximate surface area is 199 Å². The van der Waals surface area contributed by atoms with Gasteiger partial charge in [-0.15, -0.1) is 0 Å². The molecule has 4 heterocycles. The summed E-state index contributed by atoms with van der Waals surface area (Å²) in [6.45, 7) is -2.90. The number of imidazole rings is 1. The van der Waals surface area contributed by atoms with E-state index in [-0.39, 0.29) is 18.5 Å². The molecular formula is C20H24N5O7PS. The predicted octanol–water partition coefficient (Wildman–Crippen LogP) is 1.46. The van der Waals surface area contributed by atoms with Gasteiger partial charge in [0.05, 0.1) is 32.8 Å². The molecule has 3 aromatic rings. The summed E-state index contributed by atoms with van der Waals surface area (Å²) in [7, 11) is 1.60. The van der Waals surface area contributed by atoms with Gasteiger partial charge in [-0.2, -0.15) is 0 Å². The van der Waals surface area contributed by atoms with Gasteiger partial charge in [0.25, 0.3) is 0 Å². The SMILES string of the molecule is COc1cccc(C2CCOP(=S)(OC[C@H]3O[C@@H](n4cnc5c(N)ncnc54)[C@H](O)[C@@H]3O)O2)c1. The molecule has 182 valence electrons. The number of hydrogen-bond donors (Lipinski definition) is 3. The van der Waals surface area contributed by atoms with Crippen LogP contribution >= 0.6 is 6.72 Å². The maximum atomic E-state index is 10.6. The second kappa shape index (κ2) is 9.44. The fraction of sp³-hybridized carbons (Fsp3) is 0.450. The van der Waals surface area contributed by atoms with Crippen molar-refractivity contribution in [2.45, 2.75) is 37.1 Å². The summed E-state index contributed by atoms with van der Waals surface area (Å²) in [5, 5.41) is 21.2.